The summed E-state index contributed by atoms with van der Waals surface area (Å²) in [5.74, 6) is 0.751. The SMILES string of the molecule is CCNC(=O)c1ccc(CN=C(NCC)NCCOC2CCCCCC2)cc1. The second-order valence-corrected chi connectivity index (χ2v) is 7.16. The van der Waals surface area contributed by atoms with E-state index in [0.717, 1.165) is 24.6 Å². The predicted molar refractivity (Wildman–Crippen MR) is 115 cm³/mol. The first-order chi connectivity index (χ1) is 13.7. The molecule has 28 heavy (non-hydrogen) atoms. The molecular formula is C22H36N4O2. The minimum Gasteiger partial charge on any atom is -0.376 e. The number of amides is 1. The van der Waals surface area contributed by atoms with Crippen molar-refractivity contribution in [1.29, 1.82) is 0 Å². The summed E-state index contributed by atoms with van der Waals surface area (Å²) in [5, 5.41) is 9.41. The molecule has 0 saturated heterocycles. The van der Waals surface area contributed by atoms with E-state index < -0.39 is 0 Å². The number of nitrogens with one attached hydrogen (secondary N) is 3. The topological polar surface area (TPSA) is 74.8 Å². The highest BCUT2D eigenvalue weighted by Gasteiger charge is 2.12. The van der Waals surface area contributed by atoms with Crippen molar-refractivity contribution in [2.75, 3.05) is 26.2 Å². The number of ether oxygens (including phenoxy) is 1. The second kappa shape index (κ2) is 13.2. The fraction of sp³-hybridized carbons (Fsp3) is 0.636. The van der Waals surface area contributed by atoms with Crippen LogP contribution in [0.1, 0.15) is 68.3 Å². The van der Waals surface area contributed by atoms with Gasteiger partial charge >= 0.3 is 0 Å². The molecule has 0 bridgehead atoms. The van der Waals surface area contributed by atoms with Gasteiger partial charge in [0.15, 0.2) is 5.96 Å². The van der Waals surface area contributed by atoms with E-state index in [0.29, 0.717) is 31.4 Å². The van der Waals surface area contributed by atoms with E-state index in [-0.39, 0.29) is 5.91 Å². The average molecular weight is 389 g/mol. The van der Waals surface area contributed by atoms with E-state index in [1.807, 2.05) is 31.2 Å². The standard InChI is InChI=1S/C22H36N4O2/c1-3-23-21(27)19-13-11-18(12-14-19)17-26-22(24-4-2)25-15-16-28-20-9-7-5-6-8-10-20/h11-14,20H,3-10,15-17H2,1-2H3,(H,23,27)(H2,24,25,26). The van der Waals surface area contributed by atoms with Crippen molar-refractivity contribution < 1.29 is 9.53 Å². The Morgan fingerprint density at radius 3 is 2.32 bits per heavy atom. The minimum atomic E-state index is -0.0405. The monoisotopic (exact) mass is 388 g/mol. The van der Waals surface area contributed by atoms with Crippen molar-refractivity contribution in [2.24, 2.45) is 4.99 Å². The van der Waals surface area contributed by atoms with Gasteiger partial charge in [-0.3, -0.25) is 4.79 Å². The fourth-order valence-corrected chi connectivity index (χ4v) is 3.34. The van der Waals surface area contributed by atoms with Crippen molar-refractivity contribution in [3.63, 3.8) is 0 Å². The average Bonchev–Trinajstić information content (AvgIpc) is 2.98. The molecule has 1 fully saturated rings. The first-order valence-electron chi connectivity index (χ1n) is 10.7. The van der Waals surface area contributed by atoms with Crippen molar-refractivity contribution in [2.45, 2.75) is 65.0 Å². The van der Waals surface area contributed by atoms with Gasteiger partial charge in [0.1, 0.15) is 0 Å². The molecule has 1 aliphatic rings. The van der Waals surface area contributed by atoms with Crippen molar-refractivity contribution in [1.82, 2.24) is 16.0 Å². The Hall–Kier alpha value is -2.08. The van der Waals surface area contributed by atoms with E-state index >= 15 is 0 Å². The molecule has 1 aromatic carbocycles. The van der Waals surface area contributed by atoms with Crippen LogP contribution in [0.4, 0.5) is 0 Å². The number of nitrogens with zero attached hydrogens (tertiary/aromatic N) is 1. The van der Waals surface area contributed by atoms with E-state index in [1.54, 1.807) is 0 Å². The summed E-state index contributed by atoms with van der Waals surface area (Å²) >= 11 is 0. The van der Waals surface area contributed by atoms with Crippen LogP contribution >= 0.6 is 0 Å². The fourth-order valence-electron chi connectivity index (χ4n) is 3.34. The normalized spacial score (nSPS) is 15.7. The Labute approximate surface area is 169 Å². The van der Waals surface area contributed by atoms with Crippen LogP contribution in [-0.2, 0) is 11.3 Å². The number of hydrogen-bond acceptors (Lipinski definition) is 3. The van der Waals surface area contributed by atoms with Gasteiger partial charge in [0.25, 0.3) is 5.91 Å². The lowest BCUT2D eigenvalue weighted by molar-refractivity contribution is 0.0468. The smallest absolute Gasteiger partial charge is 0.251 e. The zero-order chi connectivity index (χ0) is 20.0. The summed E-state index contributed by atoms with van der Waals surface area (Å²) < 4.78 is 6.03. The quantitative estimate of drug-likeness (QED) is 0.263. The molecule has 3 N–H and O–H groups in total. The first kappa shape index (κ1) is 22.2. The third kappa shape index (κ3) is 8.30. The van der Waals surface area contributed by atoms with Crippen LogP contribution in [-0.4, -0.2) is 44.2 Å². The van der Waals surface area contributed by atoms with Gasteiger partial charge < -0.3 is 20.7 Å². The van der Waals surface area contributed by atoms with Crippen molar-refractivity contribution in [3.8, 4) is 0 Å². The summed E-state index contributed by atoms with van der Waals surface area (Å²) in [6.07, 6.45) is 8.09. The molecule has 2 rings (SSSR count). The molecule has 1 aliphatic carbocycles. The van der Waals surface area contributed by atoms with Crippen LogP contribution in [0.2, 0.25) is 0 Å². The lowest BCUT2D eigenvalue weighted by atomic mass is 10.1. The van der Waals surface area contributed by atoms with Gasteiger partial charge in [0.05, 0.1) is 19.3 Å². The largest absolute Gasteiger partial charge is 0.376 e. The predicted octanol–water partition coefficient (Wildman–Crippen LogP) is 3.23. The maximum absolute atomic E-state index is 11.8. The summed E-state index contributed by atoms with van der Waals surface area (Å²) in [6, 6.07) is 7.59. The van der Waals surface area contributed by atoms with E-state index in [9.17, 15) is 4.79 Å². The van der Waals surface area contributed by atoms with Crippen LogP contribution in [0, 0.1) is 0 Å². The van der Waals surface area contributed by atoms with Gasteiger partial charge in [0, 0.05) is 25.2 Å². The molecule has 0 aliphatic heterocycles. The number of hydrogen-bond donors (Lipinski definition) is 3. The zero-order valence-corrected chi connectivity index (χ0v) is 17.4. The number of carbonyl (C=O) groups excluding carboxylic acids is 1. The Morgan fingerprint density at radius 1 is 1.00 bits per heavy atom. The molecule has 1 aromatic rings. The molecule has 0 atom stereocenters. The number of benzene rings is 1. The molecule has 6 heteroatoms. The van der Waals surface area contributed by atoms with Gasteiger partial charge in [-0.05, 0) is 44.4 Å². The Morgan fingerprint density at radius 2 is 1.68 bits per heavy atom. The first-order valence-corrected chi connectivity index (χ1v) is 10.7. The van der Waals surface area contributed by atoms with E-state index in [4.69, 9.17) is 4.74 Å². The van der Waals surface area contributed by atoms with Crippen LogP contribution < -0.4 is 16.0 Å². The molecular weight excluding hydrogens is 352 g/mol. The Balaban J connectivity index is 1.76. The van der Waals surface area contributed by atoms with Gasteiger partial charge in [0.2, 0.25) is 0 Å². The molecule has 6 nitrogen and oxygen atoms in total. The second-order valence-electron chi connectivity index (χ2n) is 7.16. The van der Waals surface area contributed by atoms with Crippen LogP contribution in [0.25, 0.3) is 0 Å². The number of carbonyl (C=O) groups is 1. The van der Waals surface area contributed by atoms with Gasteiger partial charge in [-0.1, -0.05) is 37.8 Å². The molecule has 0 aromatic heterocycles. The summed E-state index contributed by atoms with van der Waals surface area (Å²) in [4.78, 5) is 16.4. The maximum Gasteiger partial charge on any atom is 0.251 e. The van der Waals surface area contributed by atoms with E-state index in [1.165, 1.54) is 38.5 Å². The van der Waals surface area contributed by atoms with Crippen LogP contribution in [0.15, 0.2) is 29.3 Å². The lowest BCUT2D eigenvalue weighted by Gasteiger charge is -2.16. The maximum atomic E-state index is 11.8. The Bertz CT molecular complexity index is 593. The molecule has 0 radical (unpaired) electrons. The summed E-state index contributed by atoms with van der Waals surface area (Å²) in [6.45, 7) is 7.43. The molecule has 156 valence electrons. The molecule has 0 heterocycles. The number of guanidine groups is 1. The highest BCUT2D eigenvalue weighted by molar-refractivity contribution is 5.94. The summed E-state index contributed by atoms with van der Waals surface area (Å²) in [5.41, 5.74) is 1.75. The zero-order valence-electron chi connectivity index (χ0n) is 17.4. The van der Waals surface area contributed by atoms with Crippen molar-refractivity contribution >= 4 is 11.9 Å². The number of rotatable bonds is 9. The lowest BCUT2D eigenvalue weighted by Crippen LogP contribution is -2.39. The van der Waals surface area contributed by atoms with Crippen molar-refractivity contribution in [3.05, 3.63) is 35.4 Å². The Kier molecular flexibility index (Phi) is 10.4. The molecule has 1 amide bonds. The van der Waals surface area contributed by atoms with Gasteiger partial charge in [-0.15, -0.1) is 0 Å². The third-order valence-corrected chi connectivity index (χ3v) is 4.87. The summed E-state index contributed by atoms with van der Waals surface area (Å²) in [7, 11) is 0. The molecule has 0 unspecified atom stereocenters. The highest BCUT2D eigenvalue weighted by atomic mass is 16.5. The molecule has 0 spiro atoms. The molecule has 1 saturated carbocycles. The number of aliphatic imine (C=N–C) groups is 1. The minimum absolute atomic E-state index is 0.0405. The van der Waals surface area contributed by atoms with Crippen LogP contribution in [0.5, 0.6) is 0 Å². The van der Waals surface area contributed by atoms with Gasteiger partial charge in [-0.2, -0.15) is 0 Å². The third-order valence-electron chi connectivity index (χ3n) is 4.87. The van der Waals surface area contributed by atoms with E-state index in [2.05, 4.69) is 27.9 Å². The van der Waals surface area contributed by atoms with Crippen LogP contribution in [0.3, 0.4) is 0 Å². The highest BCUT2D eigenvalue weighted by Crippen LogP contribution is 2.19. The van der Waals surface area contributed by atoms with Gasteiger partial charge in [-0.25, -0.2) is 4.99 Å².